The summed E-state index contributed by atoms with van der Waals surface area (Å²) in [6.07, 6.45) is -12.4. The van der Waals surface area contributed by atoms with Gasteiger partial charge in [-0.1, -0.05) is 60.7 Å². The van der Waals surface area contributed by atoms with Gasteiger partial charge in [0.15, 0.2) is 6.04 Å². The van der Waals surface area contributed by atoms with Crippen molar-refractivity contribution in [3.63, 3.8) is 0 Å². The highest BCUT2D eigenvalue weighted by Gasteiger charge is 2.49. The Morgan fingerprint density at radius 1 is 1.00 bits per heavy atom. The summed E-state index contributed by atoms with van der Waals surface area (Å²) in [6, 6.07) is 14.0. The van der Waals surface area contributed by atoms with E-state index in [0.29, 0.717) is 10.5 Å². The van der Waals surface area contributed by atoms with Gasteiger partial charge in [-0.2, -0.15) is 13.2 Å². The van der Waals surface area contributed by atoms with Crippen LogP contribution in [0.1, 0.15) is 24.5 Å². The zero-order valence-electron chi connectivity index (χ0n) is 19.6. The lowest BCUT2D eigenvalue weighted by atomic mass is 9.92. The smallest absolute Gasteiger partial charge is 0.412 e. The summed E-state index contributed by atoms with van der Waals surface area (Å²) in [5, 5.41) is 33.5. The highest BCUT2D eigenvalue weighted by Crippen LogP contribution is 2.26. The Morgan fingerprint density at radius 2 is 1.50 bits per heavy atom. The molecule has 0 aromatic heterocycles. The van der Waals surface area contributed by atoms with Crippen LogP contribution in [-0.4, -0.2) is 68.5 Å². The van der Waals surface area contributed by atoms with Gasteiger partial charge in [-0.15, -0.1) is 0 Å². The number of nitrogens with zero attached hydrogens (tertiary/aromatic N) is 1. The summed E-state index contributed by atoms with van der Waals surface area (Å²) in [7, 11) is 0. The lowest BCUT2D eigenvalue weighted by Gasteiger charge is -2.47. The molecule has 2 rings (SSSR count). The molecule has 0 heterocycles. The van der Waals surface area contributed by atoms with E-state index < -0.39 is 48.3 Å². The summed E-state index contributed by atoms with van der Waals surface area (Å²) in [5.41, 5.74) is 10.5. The van der Waals surface area contributed by atoms with Crippen molar-refractivity contribution in [3.8, 4) is 0 Å². The molecule has 0 aliphatic carbocycles. The number of rotatable bonds is 11. The molecule has 36 heavy (non-hydrogen) atoms. The van der Waals surface area contributed by atoms with Crippen LogP contribution >= 0.6 is 0 Å². The summed E-state index contributed by atoms with van der Waals surface area (Å²) < 4.78 is 39.3. The molecule has 5 atom stereocenters. The van der Waals surface area contributed by atoms with Gasteiger partial charge in [0.1, 0.15) is 11.8 Å². The van der Waals surface area contributed by atoms with Crippen LogP contribution in [0.15, 0.2) is 60.7 Å². The maximum Gasteiger partial charge on any atom is 0.412 e. The number of aryl methyl sites for hydroxylation is 1. The summed E-state index contributed by atoms with van der Waals surface area (Å²) in [6.45, 7) is 1.20. The van der Waals surface area contributed by atoms with Crippen molar-refractivity contribution in [2.75, 3.05) is 0 Å². The van der Waals surface area contributed by atoms with Gasteiger partial charge in [0.2, 0.25) is 5.91 Å². The monoisotopic (exact) mass is 512 g/mol. The van der Waals surface area contributed by atoms with Crippen LogP contribution in [-0.2, 0) is 17.6 Å². The fraction of sp³-hybridized carbons (Fsp3) is 0.417. The van der Waals surface area contributed by atoms with E-state index in [1.54, 1.807) is 60.7 Å². The molecule has 12 heteroatoms. The Balaban J connectivity index is 2.48. The molecular weight excluding hydrogens is 481 g/mol. The van der Waals surface area contributed by atoms with Gasteiger partial charge in [0.25, 0.3) is 0 Å². The van der Waals surface area contributed by atoms with E-state index in [-0.39, 0.29) is 19.3 Å². The number of nitrogens with two attached hydrogens (primary N) is 2. The van der Waals surface area contributed by atoms with Crippen LogP contribution in [0, 0.1) is 0 Å². The van der Waals surface area contributed by atoms with Gasteiger partial charge >= 0.3 is 12.3 Å². The topological polar surface area (TPSA) is 162 Å². The number of aliphatic hydroxyl groups excluding tert-OH is 2. The SMILES string of the molecule is CC(O)C(N)(Cc1ccccc1)N(C(=O)O)C(NC(=O)C(N)C(F)(F)F)C(O)CCc1ccccc1. The fourth-order valence-electron chi connectivity index (χ4n) is 3.75. The molecular formula is C24H31F3N4O5. The van der Waals surface area contributed by atoms with Gasteiger partial charge < -0.3 is 32.1 Å². The summed E-state index contributed by atoms with van der Waals surface area (Å²) in [5.74, 6) is -1.76. The molecule has 0 spiro atoms. The normalized spacial score (nSPS) is 16.8. The maximum absolute atomic E-state index is 13.1. The lowest BCUT2D eigenvalue weighted by molar-refractivity contribution is -0.166. The van der Waals surface area contributed by atoms with Crippen LogP contribution in [0.25, 0.3) is 0 Å². The molecule has 0 radical (unpaired) electrons. The van der Waals surface area contributed by atoms with Gasteiger partial charge in [-0.3, -0.25) is 9.69 Å². The number of halogens is 3. The van der Waals surface area contributed by atoms with E-state index in [0.717, 1.165) is 5.56 Å². The number of aliphatic hydroxyl groups is 2. The van der Waals surface area contributed by atoms with Crippen LogP contribution < -0.4 is 16.8 Å². The predicted octanol–water partition coefficient (Wildman–Crippen LogP) is 1.57. The predicted molar refractivity (Wildman–Crippen MR) is 125 cm³/mol. The molecule has 8 N–H and O–H groups in total. The van der Waals surface area contributed by atoms with Crippen LogP contribution in [0.3, 0.4) is 0 Å². The average molecular weight is 513 g/mol. The van der Waals surface area contributed by atoms with Crippen molar-refractivity contribution >= 4 is 12.0 Å². The molecule has 0 saturated carbocycles. The second-order valence-electron chi connectivity index (χ2n) is 8.55. The maximum atomic E-state index is 13.1. The van der Waals surface area contributed by atoms with Crippen LogP contribution in [0.4, 0.5) is 18.0 Å². The van der Waals surface area contributed by atoms with Crippen LogP contribution in [0.2, 0.25) is 0 Å². The minimum atomic E-state index is -5.12. The molecule has 9 nitrogen and oxygen atoms in total. The van der Waals surface area contributed by atoms with Crippen molar-refractivity contribution in [1.29, 1.82) is 0 Å². The lowest BCUT2D eigenvalue weighted by Crippen LogP contribution is -2.73. The van der Waals surface area contributed by atoms with Crippen molar-refractivity contribution in [2.24, 2.45) is 11.5 Å². The van der Waals surface area contributed by atoms with Crippen molar-refractivity contribution in [1.82, 2.24) is 10.2 Å². The Kier molecular flexibility index (Phi) is 9.82. The minimum absolute atomic E-state index is 0.152. The first kappa shape index (κ1) is 29.0. The quantitative estimate of drug-likeness (QED) is 0.249. The fourth-order valence-corrected chi connectivity index (χ4v) is 3.75. The first-order valence-corrected chi connectivity index (χ1v) is 11.1. The average Bonchev–Trinajstić information content (AvgIpc) is 2.81. The van der Waals surface area contributed by atoms with Crippen molar-refractivity contribution < 1.29 is 38.1 Å². The molecule has 5 unspecified atom stereocenters. The molecule has 0 saturated heterocycles. The van der Waals surface area contributed by atoms with Gasteiger partial charge in [0.05, 0.1) is 12.2 Å². The van der Waals surface area contributed by atoms with Crippen molar-refractivity contribution in [3.05, 3.63) is 71.8 Å². The summed E-state index contributed by atoms with van der Waals surface area (Å²) >= 11 is 0. The highest BCUT2D eigenvalue weighted by molar-refractivity contribution is 5.83. The molecule has 0 bridgehead atoms. The second kappa shape index (κ2) is 12.2. The van der Waals surface area contributed by atoms with Crippen LogP contribution in [0.5, 0.6) is 0 Å². The molecule has 2 aromatic rings. The number of carbonyl (C=O) groups excluding carboxylic acids is 1. The van der Waals surface area contributed by atoms with E-state index in [9.17, 15) is 38.1 Å². The minimum Gasteiger partial charge on any atom is -0.465 e. The molecule has 2 amide bonds. The largest absolute Gasteiger partial charge is 0.465 e. The first-order chi connectivity index (χ1) is 16.8. The first-order valence-electron chi connectivity index (χ1n) is 11.1. The van der Waals surface area contributed by atoms with E-state index in [1.165, 1.54) is 6.92 Å². The number of alkyl halides is 3. The van der Waals surface area contributed by atoms with E-state index in [4.69, 9.17) is 11.5 Å². The third-order valence-electron chi connectivity index (χ3n) is 5.85. The standard InChI is InChI=1S/C24H31F3N4O5/c1-15(32)23(29,14-17-10-6-3-7-11-17)31(22(35)36)20(30-21(34)19(28)24(25,26)27)18(33)13-12-16-8-4-2-5-9-16/h2-11,15,18-20,32-33H,12-14,28-29H2,1H3,(H,30,34)(H,35,36). The molecule has 0 aliphatic heterocycles. The summed E-state index contributed by atoms with van der Waals surface area (Å²) in [4.78, 5) is 25.2. The zero-order chi connectivity index (χ0) is 27.1. The second-order valence-corrected chi connectivity index (χ2v) is 8.55. The molecule has 0 aliphatic rings. The van der Waals surface area contributed by atoms with E-state index >= 15 is 0 Å². The number of nitrogens with one attached hydrogen (secondary N) is 1. The third-order valence-corrected chi connectivity index (χ3v) is 5.85. The number of hydrogen-bond donors (Lipinski definition) is 6. The van der Waals surface area contributed by atoms with Gasteiger partial charge in [-0.05, 0) is 30.9 Å². The number of amides is 2. The number of benzene rings is 2. The Hall–Kier alpha value is -3.19. The van der Waals surface area contributed by atoms with Gasteiger partial charge in [0, 0.05) is 6.42 Å². The number of hydrogen-bond acceptors (Lipinski definition) is 6. The molecule has 0 fully saturated rings. The highest BCUT2D eigenvalue weighted by atomic mass is 19.4. The number of carbonyl (C=O) groups is 2. The number of carboxylic acid groups (broad SMARTS) is 1. The van der Waals surface area contributed by atoms with Gasteiger partial charge in [-0.25, -0.2) is 4.79 Å². The van der Waals surface area contributed by atoms with E-state index in [1.807, 2.05) is 5.32 Å². The zero-order valence-corrected chi connectivity index (χ0v) is 19.6. The molecule has 198 valence electrons. The third kappa shape index (κ3) is 7.40. The Labute approximate surface area is 206 Å². The van der Waals surface area contributed by atoms with Crippen molar-refractivity contribution in [2.45, 2.75) is 62.4 Å². The van der Waals surface area contributed by atoms with E-state index in [2.05, 4.69) is 0 Å². The Morgan fingerprint density at radius 3 is 1.94 bits per heavy atom. The molecule has 2 aromatic carbocycles. The Bertz CT molecular complexity index is 994.